The predicted molar refractivity (Wildman–Crippen MR) is 117 cm³/mol. The first-order valence-electron chi connectivity index (χ1n) is 9.43. The minimum absolute atomic E-state index is 0.111. The molecular formula is C22H26Cl2N2O3. The summed E-state index contributed by atoms with van der Waals surface area (Å²) < 4.78 is 5.78. The van der Waals surface area contributed by atoms with Gasteiger partial charge in [-0.1, -0.05) is 48.3 Å². The van der Waals surface area contributed by atoms with Crippen molar-refractivity contribution in [3.8, 4) is 5.75 Å². The van der Waals surface area contributed by atoms with Crippen LogP contribution in [0, 0.1) is 13.8 Å². The summed E-state index contributed by atoms with van der Waals surface area (Å²) in [7, 11) is 1.54. The molecule has 0 saturated heterocycles. The molecule has 5 nitrogen and oxygen atoms in total. The molecular weight excluding hydrogens is 411 g/mol. The summed E-state index contributed by atoms with van der Waals surface area (Å²) in [5, 5.41) is 3.50. The quantitative estimate of drug-likeness (QED) is 0.660. The van der Waals surface area contributed by atoms with Crippen molar-refractivity contribution in [3.05, 3.63) is 63.1 Å². The molecule has 2 aromatic rings. The molecule has 0 aliphatic heterocycles. The van der Waals surface area contributed by atoms with Crippen LogP contribution in [0.2, 0.25) is 10.0 Å². The van der Waals surface area contributed by atoms with Gasteiger partial charge in [0, 0.05) is 29.2 Å². The zero-order chi connectivity index (χ0) is 21.6. The first-order chi connectivity index (χ1) is 13.8. The van der Waals surface area contributed by atoms with E-state index in [9.17, 15) is 9.59 Å². The van der Waals surface area contributed by atoms with E-state index in [0.717, 1.165) is 11.1 Å². The van der Waals surface area contributed by atoms with E-state index < -0.39 is 6.04 Å². The molecule has 2 rings (SSSR count). The van der Waals surface area contributed by atoms with Crippen LogP contribution in [0.3, 0.4) is 0 Å². The molecule has 1 N–H and O–H groups in total. The molecule has 0 saturated carbocycles. The summed E-state index contributed by atoms with van der Waals surface area (Å²) in [5.74, 6) is 0.0650. The van der Waals surface area contributed by atoms with E-state index in [0.29, 0.717) is 27.8 Å². The summed E-state index contributed by atoms with van der Waals surface area (Å²) in [6.45, 7) is 5.68. The van der Waals surface area contributed by atoms with Crippen molar-refractivity contribution in [3.63, 3.8) is 0 Å². The molecule has 1 atom stereocenters. The van der Waals surface area contributed by atoms with Gasteiger partial charge < -0.3 is 15.0 Å². The maximum atomic E-state index is 13.1. The number of benzene rings is 2. The Bertz CT molecular complexity index is 866. The van der Waals surface area contributed by atoms with E-state index in [2.05, 4.69) is 5.32 Å². The molecule has 0 fully saturated rings. The lowest BCUT2D eigenvalue weighted by Gasteiger charge is -2.30. The fraction of sp³-hybridized carbons (Fsp3) is 0.364. The van der Waals surface area contributed by atoms with Crippen LogP contribution < -0.4 is 10.1 Å². The number of likely N-dealkylation sites (N-methyl/N-ethyl adjacent to an activating group) is 1. The van der Waals surface area contributed by atoms with Crippen molar-refractivity contribution in [2.75, 3.05) is 13.7 Å². The van der Waals surface area contributed by atoms with Gasteiger partial charge in [0.25, 0.3) is 5.91 Å². The summed E-state index contributed by atoms with van der Waals surface area (Å²) in [5.41, 5.74) is 2.64. The Morgan fingerprint density at radius 1 is 1.10 bits per heavy atom. The van der Waals surface area contributed by atoms with E-state index in [-0.39, 0.29) is 25.0 Å². The number of carbonyl (C=O) groups is 2. The fourth-order valence-electron chi connectivity index (χ4n) is 3.04. The van der Waals surface area contributed by atoms with Crippen molar-refractivity contribution in [2.45, 2.75) is 39.8 Å². The molecule has 0 aromatic heterocycles. The second kappa shape index (κ2) is 10.5. The lowest BCUT2D eigenvalue weighted by Crippen LogP contribution is -2.49. The zero-order valence-electron chi connectivity index (χ0n) is 17.1. The van der Waals surface area contributed by atoms with Crippen molar-refractivity contribution in [1.29, 1.82) is 0 Å². The third-order valence-corrected chi connectivity index (χ3v) is 5.64. The third kappa shape index (κ3) is 5.64. The monoisotopic (exact) mass is 436 g/mol. The van der Waals surface area contributed by atoms with Crippen LogP contribution in [-0.4, -0.2) is 36.4 Å². The van der Waals surface area contributed by atoms with Gasteiger partial charge in [-0.2, -0.15) is 0 Å². The van der Waals surface area contributed by atoms with E-state index in [4.69, 9.17) is 27.9 Å². The van der Waals surface area contributed by atoms with Crippen LogP contribution >= 0.6 is 23.2 Å². The number of amides is 2. The number of aryl methyl sites for hydroxylation is 1. The predicted octanol–water partition coefficient (Wildman–Crippen LogP) is 4.54. The van der Waals surface area contributed by atoms with Gasteiger partial charge in [-0.05, 0) is 49.6 Å². The minimum Gasteiger partial charge on any atom is -0.483 e. The highest BCUT2D eigenvalue weighted by molar-refractivity contribution is 6.36. The number of halogens is 2. The largest absolute Gasteiger partial charge is 0.483 e. The molecule has 0 aliphatic rings. The average Bonchev–Trinajstić information content (AvgIpc) is 2.70. The molecule has 0 heterocycles. The highest BCUT2D eigenvalue weighted by atomic mass is 35.5. The fourth-order valence-corrected chi connectivity index (χ4v) is 3.56. The number of hydrogen-bond acceptors (Lipinski definition) is 3. The van der Waals surface area contributed by atoms with Crippen molar-refractivity contribution in [2.24, 2.45) is 0 Å². The Labute approximate surface area is 181 Å². The standard InChI is InChI=1S/C22H26Cl2N2O3/c1-5-19(22(28)25-4)26(12-16-17(23)9-7-10-18(16)24)21(27)13-29-20-11-6-8-14(2)15(20)3/h6-11,19H,5,12-13H2,1-4H3,(H,25,28). The van der Waals surface area contributed by atoms with Gasteiger partial charge in [0.05, 0.1) is 0 Å². The second-order valence-electron chi connectivity index (χ2n) is 6.75. The van der Waals surface area contributed by atoms with Crippen LogP contribution in [0.4, 0.5) is 0 Å². The molecule has 29 heavy (non-hydrogen) atoms. The summed E-state index contributed by atoms with van der Waals surface area (Å²) in [6.07, 6.45) is 0.441. The van der Waals surface area contributed by atoms with Crippen LogP contribution in [0.15, 0.2) is 36.4 Å². The van der Waals surface area contributed by atoms with Crippen molar-refractivity contribution < 1.29 is 14.3 Å². The summed E-state index contributed by atoms with van der Waals surface area (Å²) >= 11 is 12.6. The third-order valence-electron chi connectivity index (χ3n) is 4.93. The number of hydrogen-bond donors (Lipinski definition) is 1. The topological polar surface area (TPSA) is 58.6 Å². The Balaban J connectivity index is 2.29. The molecule has 156 valence electrons. The maximum absolute atomic E-state index is 13.1. The minimum atomic E-state index is -0.665. The van der Waals surface area contributed by atoms with E-state index in [1.807, 2.05) is 39.0 Å². The number of ether oxygens (including phenoxy) is 1. The summed E-state index contributed by atoms with van der Waals surface area (Å²) in [4.78, 5) is 27.0. The van der Waals surface area contributed by atoms with Crippen molar-refractivity contribution in [1.82, 2.24) is 10.2 Å². The second-order valence-corrected chi connectivity index (χ2v) is 7.56. The molecule has 7 heteroatoms. The van der Waals surface area contributed by atoms with Gasteiger partial charge in [-0.15, -0.1) is 0 Å². The maximum Gasteiger partial charge on any atom is 0.261 e. The molecule has 2 aromatic carbocycles. The van der Waals surface area contributed by atoms with E-state index in [1.54, 1.807) is 25.2 Å². The molecule has 0 bridgehead atoms. The summed E-state index contributed by atoms with van der Waals surface area (Å²) in [6, 6.07) is 10.2. The molecule has 0 aliphatic carbocycles. The zero-order valence-corrected chi connectivity index (χ0v) is 18.6. The Morgan fingerprint density at radius 2 is 1.72 bits per heavy atom. The molecule has 1 unspecified atom stereocenters. The lowest BCUT2D eigenvalue weighted by atomic mass is 10.1. The molecule has 0 spiro atoms. The smallest absolute Gasteiger partial charge is 0.261 e. The molecule has 2 amide bonds. The Kier molecular flexibility index (Phi) is 8.35. The lowest BCUT2D eigenvalue weighted by molar-refractivity contribution is -0.142. The normalized spacial score (nSPS) is 11.7. The van der Waals surface area contributed by atoms with Gasteiger partial charge in [0.15, 0.2) is 6.61 Å². The van der Waals surface area contributed by atoms with E-state index >= 15 is 0 Å². The number of rotatable bonds is 8. The van der Waals surface area contributed by atoms with Crippen LogP contribution in [0.1, 0.15) is 30.0 Å². The first-order valence-corrected chi connectivity index (χ1v) is 10.2. The van der Waals surface area contributed by atoms with Crippen LogP contribution in [0.5, 0.6) is 5.75 Å². The number of nitrogens with one attached hydrogen (secondary N) is 1. The highest BCUT2D eigenvalue weighted by Gasteiger charge is 2.29. The van der Waals surface area contributed by atoms with Crippen molar-refractivity contribution >= 4 is 35.0 Å². The van der Waals surface area contributed by atoms with Gasteiger partial charge >= 0.3 is 0 Å². The number of nitrogens with zero attached hydrogens (tertiary/aromatic N) is 1. The van der Waals surface area contributed by atoms with Gasteiger partial charge in [0.1, 0.15) is 11.8 Å². The van der Waals surface area contributed by atoms with Crippen LogP contribution in [-0.2, 0) is 16.1 Å². The highest BCUT2D eigenvalue weighted by Crippen LogP contribution is 2.27. The average molecular weight is 437 g/mol. The molecule has 0 radical (unpaired) electrons. The van der Waals surface area contributed by atoms with Gasteiger partial charge in [-0.25, -0.2) is 0 Å². The van der Waals surface area contributed by atoms with Crippen LogP contribution in [0.25, 0.3) is 0 Å². The SMILES string of the molecule is CCC(C(=O)NC)N(Cc1c(Cl)cccc1Cl)C(=O)COc1cccc(C)c1C. The van der Waals surface area contributed by atoms with Gasteiger partial charge in [0.2, 0.25) is 5.91 Å². The number of carbonyl (C=O) groups excluding carboxylic acids is 2. The Hall–Kier alpha value is -2.24. The first kappa shape index (κ1) is 23.0. The van der Waals surface area contributed by atoms with E-state index in [1.165, 1.54) is 4.90 Å². The van der Waals surface area contributed by atoms with Gasteiger partial charge in [-0.3, -0.25) is 9.59 Å². The Morgan fingerprint density at radius 3 is 2.31 bits per heavy atom.